The normalized spacial score (nSPS) is 11.5. The Morgan fingerprint density at radius 1 is 1.40 bits per heavy atom. The fraction of sp³-hybridized carbons (Fsp3) is 0.400. The van der Waals surface area contributed by atoms with Gasteiger partial charge in [-0.25, -0.2) is 4.39 Å². The fourth-order valence-corrected chi connectivity index (χ4v) is 1.19. The number of nitrogens with zero attached hydrogens (tertiary/aromatic N) is 1. The van der Waals surface area contributed by atoms with Gasteiger partial charge >= 0.3 is 0 Å². The summed E-state index contributed by atoms with van der Waals surface area (Å²) in [5.41, 5.74) is 4.70. The van der Waals surface area contributed by atoms with E-state index in [0.29, 0.717) is 5.56 Å². The van der Waals surface area contributed by atoms with Crippen molar-refractivity contribution in [2.45, 2.75) is 26.2 Å². The van der Waals surface area contributed by atoms with Crippen LogP contribution in [0.3, 0.4) is 0 Å². The first-order valence-electron chi connectivity index (χ1n) is 4.47. The van der Waals surface area contributed by atoms with Gasteiger partial charge in [0, 0.05) is 6.07 Å². The van der Waals surface area contributed by atoms with E-state index in [1.165, 1.54) is 12.1 Å². The highest BCUT2D eigenvalue weighted by Crippen LogP contribution is 2.31. The molecule has 0 fully saturated rings. The predicted molar refractivity (Wildman–Crippen MR) is 56.2 cm³/mol. The van der Waals surface area contributed by atoms with Gasteiger partial charge in [-0.3, -0.25) is 10.1 Å². The largest absolute Gasteiger partial charge is 0.391 e. The van der Waals surface area contributed by atoms with Gasteiger partial charge in [-0.05, 0) is 17.0 Å². The summed E-state index contributed by atoms with van der Waals surface area (Å²) >= 11 is 0. The van der Waals surface area contributed by atoms with E-state index < -0.39 is 16.4 Å². The summed E-state index contributed by atoms with van der Waals surface area (Å²) in [5.74, 6) is -0.742. The molecule has 0 aliphatic rings. The second-order valence-electron chi connectivity index (χ2n) is 4.40. The lowest BCUT2D eigenvalue weighted by atomic mass is 9.86. The Bertz CT molecular complexity index is 411. The van der Waals surface area contributed by atoms with Crippen molar-refractivity contribution in [1.29, 1.82) is 0 Å². The van der Waals surface area contributed by atoms with Gasteiger partial charge in [0.15, 0.2) is 5.82 Å². The van der Waals surface area contributed by atoms with E-state index in [9.17, 15) is 14.5 Å². The van der Waals surface area contributed by atoms with Gasteiger partial charge in [0.25, 0.3) is 5.69 Å². The van der Waals surface area contributed by atoms with Gasteiger partial charge in [-0.15, -0.1) is 0 Å². The molecule has 0 amide bonds. The van der Waals surface area contributed by atoms with Crippen LogP contribution in [-0.4, -0.2) is 4.92 Å². The number of benzene rings is 1. The molecule has 0 heterocycles. The van der Waals surface area contributed by atoms with Crippen LogP contribution in [0.1, 0.15) is 26.3 Å². The SMILES string of the molecule is CC(C)(C)c1cc(F)c(N)c([N+](=O)[O-])c1. The number of nitro benzene ring substituents is 1. The molecule has 0 spiro atoms. The molecule has 0 saturated carbocycles. The van der Waals surface area contributed by atoms with Crippen molar-refractivity contribution < 1.29 is 9.31 Å². The molecule has 82 valence electrons. The maximum atomic E-state index is 13.3. The molecule has 0 radical (unpaired) electrons. The lowest BCUT2D eigenvalue weighted by Crippen LogP contribution is -2.13. The quantitative estimate of drug-likeness (QED) is 0.442. The summed E-state index contributed by atoms with van der Waals surface area (Å²) in [4.78, 5) is 9.94. The Balaban J connectivity index is 3.43. The molecule has 2 N–H and O–H groups in total. The van der Waals surface area contributed by atoms with E-state index in [0.717, 1.165) is 0 Å². The number of hydrogen-bond donors (Lipinski definition) is 1. The summed E-state index contributed by atoms with van der Waals surface area (Å²) < 4.78 is 13.3. The highest BCUT2D eigenvalue weighted by atomic mass is 19.1. The van der Waals surface area contributed by atoms with Crippen molar-refractivity contribution in [3.05, 3.63) is 33.6 Å². The van der Waals surface area contributed by atoms with Crippen molar-refractivity contribution in [3.63, 3.8) is 0 Å². The molecule has 4 nitrogen and oxygen atoms in total. The molecule has 0 atom stereocenters. The van der Waals surface area contributed by atoms with E-state index in [1.54, 1.807) is 0 Å². The standard InChI is InChI=1S/C10H13FN2O2/c1-10(2,3)6-4-7(11)9(12)8(5-6)13(14)15/h4-5H,12H2,1-3H3. The molecule has 0 aromatic heterocycles. The number of halogens is 1. The zero-order chi connectivity index (χ0) is 11.8. The molecule has 0 unspecified atom stereocenters. The van der Waals surface area contributed by atoms with E-state index in [2.05, 4.69) is 0 Å². The Morgan fingerprint density at radius 2 is 1.93 bits per heavy atom. The van der Waals surface area contributed by atoms with Gasteiger partial charge < -0.3 is 5.73 Å². The molecule has 0 aliphatic heterocycles. The first kappa shape index (κ1) is 11.4. The van der Waals surface area contributed by atoms with Crippen LogP contribution in [0.15, 0.2) is 12.1 Å². The van der Waals surface area contributed by atoms with E-state index in [4.69, 9.17) is 5.73 Å². The maximum absolute atomic E-state index is 13.3. The zero-order valence-corrected chi connectivity index (χ0v) is 8.87. The molecule has 1 rings (SSSR count). The van der Waals surface area contributed by atoms with Crippen LogP contribution in [0.2, 0.25) is 0 Å². The van der Waals surface area contributed by atoms with Crippen molar-refractivity contribution in [3.8, 4) is 0 Å². The Kier molecular flexibility index (Phi) is 2.66. The molecular formula is C10H13FN2O2. The van der Waals surface area contributed by atoms with Crippen molar-refractivity contribution in [2.24, 2.45) is 0 Å². The molecule has 1 aromatic carbocycles. The van der Waals surface area contributed by atoms with Gasteiger partial charge in [0.2, 0.25) is 0 Å². The van der Waals surface area contributed by atoms with Crippen molar-refractivity contribution in [1.82, 2.24) is 0 Å². The third kappa shape index (κ3) is 2.23. The highest BCUT2D eigenvalue weighted by Gasteiger charge is 2.22. The number of nitrogen functional groups attached to an aromatic ring is 1. The average molecular weight is 212 g/mol. The van der Waals surface area contributed by atoms with Gasteiger partial charge in [0.1, 0.15) is 5.69 Å². The minimum absolute atomic E-state index is 0.348. The summed E-state index contributed by atoms with van der Waals surface area (Å²) in [6, 6.07) is 2.56. The summed E-state index contributed by atoms with van der Waals surface area (Å²) in [6.45, 7) is 5.55. The zero-order valence-electron chi connectivity index (χ0n) is 8.87. The van der Waals surface area contributed by atoms with Crippen LogP contribution in [0.25, 0.3) is 0 Å². The van der Waals surface area contributed by atoms with Crippen molar-refractivity contribution >= 4 is 11.4 Å². The highest BCUT2D eigenvalue weighted by molar-refractivity contribution is 5.61. The lowest BCUT2D eigenvalue weighted by Gasteiger charge is -2.19. The number of nitro groups is 1. The molecule has 0 aliphatic carbocycles. The van der Waals surface area contributed by atoms with E-state index in [-0.39, 0.29) is 11.1 Å². The molecular weight excluding hydrogens is 199 g/mol. The van der Waals surface area contributed by atoms with Crippen LogP contribution in [-0.2, 0) is 5.41 Å². The number of anilines is 1. The lowest BCUT2D eigenvalue weighted by molar-refractivity contribution is -0.384. The molecule has 0 bridgehead atoms. The minimum atomic E-state index is -0.742. The molecule has 15 heavy (non-hydrogen) atoms. The molecule has 1 aromatic rings. The van der Waals surface area contributed by atoms with Crippen LogP contribution in [0.4, 0.5) is 15.8 Å². The topological polar surface area (TPSA) is 69.2 Å². The average Bonchev–Trinajstić information content (AvgIpc) is 2.06. The Morgan fingerprint density at radius 3 is 2.33 bits per heavy atom. The predicted octanol–water partition coefficient (Wildman–Crippen LogP) is 2.61. The summed E-state index contributed by atoms with van der Waals surface area (Å²) in [6.07, 6.45) is 0. The van der Waals surface area contributed by atoms with E-state index in [1.807, 2.05) is 20.8 Å². The van der Waals surface area contributed by atoms with Gasteiger partial charge in [0.05, 0.1) is 4.92 Å². The number of nitrogens with two attached hydrogens (primary N) is 1. The van der Waals surface area contributed by atoms with Crippen LogP contribution >= 0.6 is 0 Å². The smallest absolute Gasteiger partial charge is 0.295 e. The molecule has 5 heteroatoms. The first-order valence-corrected chi connectivity index (χ1v) is 4.47. The van der Waals surface area contributed by atoms with Crippen LogP contribution < -0.4 is 5.73 Å². The van der Waals surface area contributed by atoms with Gasteiger partial charge in [-0.2, -0.15) is 0 Å². The second kappa shape index (κ2) is 3.49. The fourth-order valence-electron chi connectivity index (χ4n) is 1.19. The van der Waals surface area contributed by atoms with E-state index >= 15 is 0 Å². The van der Waals surface area contributed by atoms with Crippen LogP contribution in [0, 0.1) is 15.9 Å². The summed E-state index contributed by atoms with van der Waals surface area (Å²) in [7, 11) is 0. The van der Waals surface area contributed by atoms with Gasteiger partial charge in [-0.1, -0.05) is 20.8 Å². The van der Waals surface area contributed by atoms with Crippen LogP contribution in [0.5, 0.6) is 0 Å². The third-order valence-electron chi connectivity index (χ3n) is 2.17. The monoisotopic (exact) mass is 212 g/mol. The Labute approximate surface area is 87.0 Å². The second-order valence-corrected chi connectivity index (χ2v) is 4.40. The number of hydrogen-bond acceptors (Lipinski definition) is 3. The Hall–Kier alpha value is -1.65. The molecule has 0 saturated heterocycles. The maximum Gasteiger partial charge on any atom is 0.295 e. The third-order valence-corrected chi connectivity index (χ3v) is 2.17. The summed E-state index contributed by atoms with van der Waals surface area (Å²) in [5, 5.41) is 10.6. The van der Waals surface area contributed by atoms with Crippen molar-refractivity contribution in [2.75, 3.05) is 5.73 Å². The number of rotatable bonds is 1. The first-order chi connectivity index (χ1) is 6.73. The minimum Gasteiger partial charge on any atom is -0.391 e.